The maximum Gasteiger partial charge on any atom is 0.258 e. The van der Waals surface area contributed by atoms with Crippen molar-refractivity contribution in [2.24, 2.45) is 0 Å². The molecule has 0 atom stereocenters. The molecule has 0 bridgehead atoms. The van der Waals surface area contributed by atoms with Crippen LogP contribution in [0.15, 0.2) is 29.6 Å². The highest BCUT2D eigenvalue weighted by molar-refractivity contribution is 7.14. The molecule has 0 spiro atoms. The number of halogens is 1. The second kappa shape index (κ2) is 4.77. The number of carbonyl (C=O) groups is 1. The molecule has 17 heavy (non-hydrogen) atoms. The Hall–Kier alpha value is -1.52. The van der Waals surface area contributed by atoms with Crippen molar-refractivity contribution in [2.45, 2.75) is 6.92 Å². The SMILES string of the molecule is Cc1c(Cl)cccc1NC(=O)c1ccsc1N. The number of benzene rings is 1. The minimum absolute atomic E-state index is 0.214. The molecule has 1 heterocycles. The Morgan fingerprint density at radius 1 is 1.41 bits per heavy atom. The van der Waals surface area contributed by atoms with Gasteiger partial charge in [0.2, 0.25) is 0 Å². The summed E-state index contributed by atoms with van der Waals surface area (Å²) >= 11 is 7.32. The third-order valence-electron chi connectivity index (χ3n) is 2.46. The molecule has 1 amide bonds. The van der Waals surface area contributed by atoms with E-state index in [2.05, 4.69) is 5.32 Å². The summed E-state index contributed by atoms with van der Waals surface area (Å²) in [6, 6.07) is 7.09. The monoisotopic (exact) mass is 266 g/mol. The third kappa shape index (κ3) is 2.43. The van der Waals surface area contributed by atoms with Crippen LogP contribution in [0.1, 0.15) is 15.9 Å². The lowest BCUT2D eigenvalue weighted by molar-refractivity contribution is 0.102. The van der Waals surface area contributed by atoms with Crippen LogP contribution >= 0.6 is 22.9 Å². The van der Waals surface area contributed by atoms with Crippen LogP contribution in [-0.2, 0) is 0 Å². The molecular formula is C12H11ClN2OS. The summed E-state index contributed by atoms with van der Waals surface area (Å²) in [7, 11) is 0. The Labute approximate surface area is 108 Å². The lowest BCUT2D eigenvalue weighted by atomic mass is 10.2. The number of anilines is 2. The highest BCUT2D eigenvalue weighted by atomic mass is 35.5. The molecular weight excluding hydrogens is 256 g/mol. The third-order valence-corrected chi connectivity index (χ3v) is 3.61. The van der Waals surface area contributed by atoms with E-state index in [9.17, 15) is 4.79 Å². The van der Waals surface area contributed by atoms with Crippen molar-refractivity contribution in [3.05, 3.63) is 45.8 Å². The minimum atomic E-state index is -0.214. The van der Waals surface area contributed by atoms with Gasteiger partial charge in [-0.1, -0.05) is 17.7 Å². The Morgan fingerprint density at radius 2 is 2.18 bits per heavy atom. The van der Waals surface area contributed by atoms with Gasteiger partial charge in [0.25, 0.3) is 5.91 Å². The molecule has 0 saturated heterocycles. The van der Waals surface area contributed by atoms with Gasteiger partial charge in [0.15, 0.2) is 0 Å². The average Bonchev–Trinajstić information content (AvgIpc) is 2.71. The molecule has 2 rings (SSSR count). The van der Waals surface area contributed by atoms with Crippen molar-refractivity contribution in [1.82, 2.24) is 0 Å². The van der Waals surface area contributed by atoms with Gasteiger partial charge in [-0.25, -0.2) is 0 Å². The molecule has 1 aromatic heterocycles. The van der Waals surface area contributed by atoms with E-state index in [0.29, 0.717) is 21.3 Å². The fourth-order valence-corrected chi connectivity index (χ4v) is 2.25. The van der Waals surface area contributed by atoms with Crippen LogP contribution < -0.4 is 11.1 Å². The minimum Gasteiger partial charge on any atom is -0.390 e. The zero-order valence-corrected chi connectivity index (χ0v) is 10.7. The number of nitrogen functional groups attached to an aromatic ring is 1. The van der Waals surface area contributed by atoms with E-state index in [-0.39, 0.29) is 5.91 Å². The maximum atomic E-state index is 11.9. The summed E-state index contributed by atoms with van der Waals surface area (Å²) in [5.41, 5.74) is 7.74. The Bertz CT molecular complexity index is 565. The second-order valence-electron chi connectivity index (χ2n) is 3.57. The van der Waals surface area contributed by atoms with E-state index < -0.39 is 0 Å². The number of hydrogen-bond acceptors (Lipinski definition) is 3. The standard InChI is InChI=1S/C12H11ClN2OS/c1-7-9(13)3-2-4-10(7)15-12(16)8-5-6-17-11(8)14/h2-6H,14H2,1H3,(H,15,16). The first-order valence-electron chi connectivity index (χ1n) is 4.99. The van der Waals surface area contributed by atoms with Crippen molar-refractivity contribution >= 4 is 39.5 Å². The normalized spacial score (nSPS) is 10.2. The number of hydrogen-bond donors (Lipinski definition) is 2. The topological polar surface area (TPSA) is 55.1 Å². The number of carbonyl (C=O) groups excluding carboxylic acids is 1. The quantitative estimate of drug-likeness (QED) is 0.873. The molecule has 2 aromatic rings. The van der Waals surface area contributed by atoms with Crippen LogP contribution in [0.5, 0.6) is 0 Å². The van der Waals surface area contributed by atoms with Gasteiger partial charge in [-0.15, -0.1) is 11.3 Å². The smallest absolute Gasteiger partial charge is 0.258 e. The Kier molecular flexibility index (Phi) is 3.36. The van der Waals surface area contributed by atoms with Gasteiger partial charge in [0.1, 0.15) is 0 Å². The van der Waals surface area contributed by atoms with Gasteiger partial charge in [-0.2, -0.15) is 0 Å². The van der Waals surface area contributed by atoms with Crippen molar-refractivity contribution in [3.63, 3.8) is 0 Å². The van der Waals surface area contributed by atoms with Crippen molar-refractivity contribution in [3.8, 4) is 0 Å². The molecule has 0 aliphatic carbocycles. The summed E-state index contributed by atoms with van der Waals surface area (Å²) in [4.78, 5) is 11.9. The number of thiophene rings is 1. The Balaban J connectivity index is 2.25. The van der Waals surface area contributed by atoms with Crippen molar-refractivity contribution < 1.29 is 4.79 Å². The summed E-state index contributed by atoms with van der Waals surface area (Å²) in [5, 5.41) is 5.73. The van der Waals surface area contributed by atoms with Gasteiger partial charge in [0.05, 0.1) is 10.6 Å². The van der Waals surface area contributed by atoms with Crippen LogP contribution in [-0.4, -0.2) is 5.91 Å². The summed E-state index contributed by atoms with van der Waals surface area (Å²) in [6.45, 7) is 1.86. The molecule has 0 radical (unpaired) electrons. The zero-order valence-electron chi connectivity index (χ0n) is 9.16. The van der Waals surface area contributed by atoms with Crippen molar-refractivity contribution in [2.75, 3.05) is 11.1 Å². The van der Waals surface area contributed by atoms with Gasteiger partial charge in [0, 0.05) is 10.7 Å². The van der Waals surface area contributed by atoms with E-state index in [1.807, 2.05) is 13.0 Å². The van der Waals surface area contributed by atoms with E-state index in [1.54, 1.807) is 23.6 Å². The highest BCUT2D eigenvalue weighted by Gasteiger charge is 2.12. The van der Waals surface area contributed by atoms with E-state index >= 15 is 0 Å². The number of nitrogens with two attached hydrogens (primary N) is 1. The van der Waals surface area contributed by atoms with Crippen LogP contribution in [0.4, 0.5) is 10.7 Å². The molecule has 0 aliphatic heterocycles. The van der Waals surface area contributed by atoms with Crippen LogP contribution in [0.3, 0.4) is 0 Å². The van der Waals surface area contributed by atoms with Crippen molar-refractivity contribution in [1.29, 1.82) is 0 Å². The maximum absolute atomic E-state index is 11.9. The number of amides is 1. The van der Waals surface area contributed by atoms with E-state index in [4.69, 9.17) is 17.3 Å². The summed E-state index contributed by atoms with van der Waals surface area (Å²) in [6.07, 6.45) is 0. The number of rotatable bonds is 2. The van der Waals surface area contributed by atoms with Gasteiger partial charge >= 0.3 is 0 Å². The number of nitrogens with one attached hydrogen (secondary N) is 1. The lowest BCUT2D eigenvalue weighted by Gasteiger charge is -2.09. The van der Waals surface area contributed by atoms with Crippen LogP contribution in [0.25, 0.3) is 0 Å². The van der Waals surface area contributed by atoms with E-state index in [0.717, 1.165) is 5.56 Å². The molecule has 0 saturated carbocycles. The average molecular weight is 267 g/mol. The molecule has 1 aromatic carbocycles. The summed E-state index contributed by atoms with van der Waals surface area (Å²) < 4.78 is 0. The predicted molar refractivity (Wildman–Crippen MR) is 72.9 cm³/mol. The van der Waals surface area contributed by atoms with Crippen LogP contribution in [0.2, 0.25) is 5.02 Å². The molecule has 3 N–H and O–H groups in total. The molecule has 0 aliphatic rings. The zero-order chi connectivity index (χ0) is 12.4. The lowest BCUT2D eigenvalue weighted by Crippen LogP contribution is -2.13. The van der Waals surface area contributed by atoms with E-state index in [1.165, 1.54) is 11.3 Å². The highest BCUT2D eigenvalue weighted by Crippen LogP contribution is 2.25. The fraction of sp³-hybridized carbons (Fsp3) is 0.0833. The summed E-state index contributed by atoms with van der Waals surface area (Å²) in [5.74, 6) is -0.214. The van der Waals surface area contributed by atoms with Gasteiger partial charge < -0.3 is 11.1 Å². The predicted octanol–water partition coefficient (Wildman–Crippen LogP) is 3.54. The molecule has 0 fully saturated rings. The fourth-order valence-electron chi connectivity index (χ4n) is 1.44. The second-order valence-corrected chi connectivity index (χ2v) is 4.92. The largest absolute Gasteiger partial charge is 0.390 e. The first-order chi connectivity index (χ1) is 8.09. The van der Waals surface area contributed by atoms with Gasteiger partial charge in [-0.3, -0.25) is 4.79 Å². The molecule has 0 unspecified atom stereocenters. The van der Waals surface area contributed by atoms with Gasteiger partial charge in [-0.05, 0) is 36.1 Å². The Morgan fingerprint density at radius 3 is 2.82 bits per heavy atom. The molecule has 3 nitrogen and oxygen atoms in total. The first-order valence-corrected chi connectivity index (χ1v) is 6.25. The molecule has 5 heteroatoms. The molecule has 88 valence electrons. The first kappa shape index (κ1) is 12.0. The van der Waals surface area contributed by atoms with Crippen LogP contribution in [0, 0.1) is 6.92 Å².